The van der Waals surface area contributed by atoms with Crippen LogP contribution in [0.4, 0.5) is 0 Å². The van der Waals surface area contributed by atoms with Gasteiger partial charge in [-0.05, 0) is 44.0 Å². The van der Waals surface area contributed by atoms with Crippen molar-refractivity contribution in [3.63, 3.8) is 0 Å². The highest BCUT2D eigenvalue weighted by Crippen LogP contribution is 2.29. The van der Waals surface area contributed by atoms with E-state index < -0.39 is 5.97 Å². The van der Waals surface area contributed by atoms with Crippen LogP contribution in [0, 0.1) is 0 Å². The summed E-state index contributed by atoms with van der Waals surface area (Å²) in [5, 5.41) is 9.25. The first-order valence-electron chi connectivity index (χ1n) is 10.4. The van der Waals surface area contributed by atoms with Crippen LogP contribution in [0.3, 0.4) is 0 Å². The number of nitrogens with zero attached hydrogens (tertiary/aromatic N) is 2. The number of carboxylic acids is 1. The lowest BCUT2D eigenvalue weighted by atomic mass is 10.1. The molecular weight excluding hydrogens is 400 g/mol. The molecule has 0 amide bonds. The molecular formula is C23H26N2O6. The van der Waals surface area contributed by atoms with Crippen LogP contribution in [0.25, 0.3) is 11.0 Å². The topological polar surface area (TPSA) is 91.9 Å². The van der Waals surface area contributed by atoms with E-state index in [1.165, 1.54) is 19.2 Å². The summed E-state index contributed by atoms with van der Waals surface area (Å²) < 4.78 is 20.1. The van der Waals surface area contributed by atoms with Crippen molar-refractivity contribution in [2.75, 3.05) is 26.9 Å². The number of ether oxygens (including phenoxy) is 3. The number of fused-ring (bicyclic) bond motifs is 1. The summed E-state index contributed by atoms with van der Waals surface area (Å²) in [5.74, 6) is 0.127. The summed E-state index contributed by atoms with van der Waals surface area (Å²) in [4.78, 5) is 24.8. The van der Waals surface area contributed by atoms with Gasteiger partial charge in [0, 0.05) is 30.9 Å². The lowest BCUT2D eigenvalue weighted by Gasteiger charge is -2.23. The van der Waals surface area contributed by atoms with Crippen molar-refractivity contribution in [1.82, 2.24) is 9.13 Å². The summed E-state index contributed by atoms with van der Waals surface area (Å²) in [6.07, 6.45) is 1.54. The maximum absolute atomic E-state index is 13.5. The summed E-state index contributed by atoms with van der Waals surface area (Å²) in [5.41, 5.74) is 2.38. The van der Waals surface area contributed by atoms with Crippen molar-refractivity contribution in [2.24, 2.45) is 0 Å². The SMILES string of the molecule is CCOc1ccc2c(c1)n(C1CCOCC1)c(=O)n2Cc1ccc(C(=O)O)cc1OC. The normalized spacial score (nSPS) is 14.6. The Hall–Kier alpha value is -3.26. The van der Waals surface area contributed by atoms with Crippen LogP contribution in [-0.4, -0.2) is 47.1 Å². The van der Waals surface area contributed by atoms with E-state index in [2.05, 4.69) is 0 Å². The molecule has 0 saturated carbocycles. The van der Waals surface area contributed by atoms with Gasteiger partial charge in [0.05, 0.1) is 36.9 Å². The minimum Gasteiger partial charge on any atom is -0.496 e. The van der Waals surface area contributed by atoms with Gasteiger partial charge in [-0.3, -0.25) is 9.13 Å². The van der Waals surface area contributed by atoms with Crippen molar-refractivity contribution >= 4 is 17.0 Å². The van der Waals surface area contributed by atoms with E-state index in [-0.39, 0.29) is 23.8 Å². The summed E-state index contributed by atoms with van der Waals surface area (Å²) in [7, 11) is 1.49. The van der Waals surface area contributed by atoms with E-state index in [0.717, 1.165) is 35.2 Å². The Bertz CT molecular complexity index is 1160. The van der Waals surface area contributed by atoms with Gasteiger partial charge in [0.25, 0.3) is 0 Å². The van der Waals surface area contributed by atoms with Crippen molar-refractivity contribution in [3.8, 4) is 11.5 Å². The van der Waals surface area contributed by atoms with Gasteiger partial charge < -0.3 is 19.3 Å². The van der Waals surface area contributed by atoms with Crippen LogP contribution in [0.1, 0.15) is 41.7 Å². The van der Waals surface area contributed by atoms with Gasteiger partial charge in [-0.1, -0.05) is 6.07 Å². The molecule has 0 radical (unpaired) electrons. The Morgan fingerprint density at radius 3 is 2.61 bits per heavy atom. The molecule has 0 spiro atoms. The number of hydrogen-bond donors (Lipinski definition) is 1. The monoisotopic (exact) mass is 426 g/mol. The summed E-state index contributed by atoms with van der Waals surface area (Å²) >= 11 is 0. The van der Waals surface area contributed by atoms with E-state index in [4.69, 9.17) is 14.2 Å². The van der Waals surface area contributed by atoms with Crippen molar-refractivity contribution in [2.45, 2.75) is 32.4 Å². The first-order chi connectivity index (χ1) is 15.0. The number of benzene rings is 2. The average Bonchev–Trinajstić information content (AvgIpc) is 3.05. The van der Waals surface area contributed by atoms with Crippen molar-refractivity contribution < 1.29 is 24.1 Å². The van der Waals surface area contributed by atoms with Gasteiger partial charge >= 0.3 is 11.7 Å². The maximum atomic E-state index is 13.5. The lowest BCUT2D eigenvalue weighted by molar-refractivity contribution is 0.0692. The Morgan fingerprint density at radius 2 is 1.94 bits per heavy atom. The molecule has 1 fully saturated rings. The number of methoxy groups -OCH3 is 1. The van der Waals surface area contributed by atoms with Gasteiger partial charge in [-0.2, -0.15) is 0 Å². The molecule has 2 aromatic carbocycles. The Morgan fingerprint density at radius 1 is 1.16 bits per heavy atom. The molecule has 1 aliphatic heterocycles. The number of aromatic nitrogens is 2. The van der Waals surface area contributed by atoms with Gasteiger partial charge in [0.1, 0.15) is 11.5 Å². The molecule has 8 nitrogen and oxygen atoms in total. The maximum Gasteiger partial charge on any atom is 0.335 e. The number of aromatic carboxylic acids is 1. The third-order valence-electron chi connectivity index (χ3n) is 5.66. The first kappa shape index (κ1) is 21.0. The minimum atomic E-state index is -1.03. The zero-order valence-corrected chi connectivity index (χ0v) is 17.7. The smallest absolute Gasteiger partial charge is 0.335 e. The van der Waals surface area contributed by atoms with E-state index >= 15 is 0 Å². The quantitative estimate of drug-likeness (QED) is 0.623. The predicted octanol–water partition coefficient (Wildman–Crippen LogP) is 3.31. The van der Waals surface area contributed by atoms with Crippen LogP contribution >= 0.6 is 0 Å². The molecule has 0 unspecified atom stereocenters. The standard InChI is InChI=1S/C23H26N2O6/c1-3-31-18-6-7-19-20(13-18)25(17-8-10-30-11-9-17)23(28)24(19)14-16-5-4-15(22(26)27)12-21(16)29-2/h4-7,12-13,17H,3,8-11,14H2,1-2H3,(H,26,27). The number of rotatable bonds is 7. The van der Waals surface area contributed by atoms with Gasteiger partial charge in [0.2, 0.25) is 0 Å². The fourth-order valence-corrected chi connectivity index (χ4v) is 4.14. The van der Waals surface area contributed by atoms with E-state index in [1.54, 1.807) is 10.6 Å². The van der Waals surface area contributed by atoms with Crippen LogP contribution < -0.4 is 15.2 Å². The summed E-state index contributed by atoms with van der Waals surface area (Å²) in [6.45, 7) is 3.98. The fourth-order valence-electron chi connectivity index (χ4n) is 4.14. The number of imidazole rings is 1. The molecule has 1 N–H and O–H groups in total. The molecule has 31 heavy (non-hydrogen) atoms. The zero-order chi connectivity index (χ0) is 22.0. The molecule has 4 rings (SSSR count). The molecule has 3 aromatic rings. The highest BCUT2D eigenvalue weighted by molar-refractivity contribution is 5.88. The van der Waals surface area contributed by atoms with E-state index in [9.17, 15) is 14.7 Å². The molecule has 1 saturated heterocycles. The number of hydrogen-bond acceptors (Lipinski definition) is 5. The Labute approximate surface area is 179 Å². The second-order valence-corrected chi connectivity index (χ2v) is 7.50. The van der Waals surface area contributed by atoms with Crippen LogP contribution in [0.15, 0.2) is 41.2 Å². The van der Waals surface area contributed by atoms with Crippen LogP contribution in [0.2, 0.25) is 0 Å². The van der Waals surface area contributed by atoms with Crippen LogP contribution in [-0.2, 0) is 11.3 Å². The van der Waals surface area contributed by atoms with Crippen LogP contribution in [0.5, 0.6) is 11.5 Å². The van der Waals surface area contributed by atoms with E-state index in [0.29, 0.717) is 25.6 Å². The molecule has 1 aliphatic rings. The number of carboxylic acid groups (broad SMARTS) is 1. The fraction of sp³-hybridized carbons (Fsp3) is 0.391. The van der Waals surface area contributed by atoms with Gasteiger partial charge in [-0.15, -0.1) is 0 Å². The third kappa shape index (κ3) is 4.03. The summed E-state index contributed by atoms with van der Waals surface area (Å²) in [6, 6.07) is 10.4. The molecule has 2 heterocycles. The molecule has 8 heteroatoms. The first-order valence-corrected chi connectivity index (χ1v) is 10.4. The largest absolute Gasteiger partial charge is 0.496 e. The highest BCUT2D eigenvalue weighted by atomic mass is 16.5. The van der Waals surface area contributed by atoms with E-state index in [1.807, 2.05) is 29.7 Å². The average molecular weight is 426 g/mol. The third-order valence-corrected chi connectivity index (χ3v) is 5.66. The highest BCUT2D eigenvalue weighted by Gasteiger charge is 2.24. The molecule has 0 atom stereocenters. The predicted molar refractivity (Wildman–Crippen MR) is 116 cm³/mol. The molecule has 1 aromatic heterocycles. The van der Waals surface area contributed by atoms with Crippen molar-refractivity contribution in [1.29, 1.82) is 0 Å². The second-order valence-electron chi connectivity index (χ2n) is 7.50. The second kappa shape index (κ2) is 8.85. The molecule has 0 aliphatic carbocycles. The Kier molecular flexibility index (Phi) is 5.99. The van der Waals surface area contributed by atoms with Gasteiger partial charge in [0.15, 0.2) is 0 Å². The zero-order valence-electron chi connectivity index (χ0n) is 17.7. The van der Waals surface area contributed by atoms with Gasteiger partial charge in [-0.25, -0.2) is 9.59 Å². The molecule has 164 valence electrons. The molecule has 0 bridgehead atoms. The minimum absolute atomic E-state index is 0.0539. The van der Waals surface area contributed by atoms with Crippen molar-refractivity contribution in [3.05, 3.63) is 58.0 Å². The Balaban J connectivity index is 1.83. The lowest BCUT2D eigenvalue weighted by Crippen LogP contribution is -2.31. The number of carbonyl (C=O) groups is 1.